The number of nitrogens with one attached hydrogen (secondary N) is 1. The summed E-state index contributed by atoms with van der Waals surface area (Å²) in [6.45, 7) is 3.51. The second-order valence-corrected chi connectivity index (χ2v) is 5.00. The molecule has 0 aliphatic carbocycles. The number of aromatic nitrogens is 2. The monoisotopic (exact) mass is 265 g/mol. The molecule has 0 bridgehead atoms. The quantitative estimate of drug-likeness (QED) is 0.644. The summed E-state index contributed by atoms with van der Waals surface area (Å²) in [5, 5.41) is 15.0. The molecule has 94 valence electrons. The summed E-state index contributed by atoms with van der Waals surface area (Å²) in [7, 11) is 0. The molecule has 2 aromatic heterocycles. The number of hydrogen-bond acceptors (Lipinski definition) is 7. The van der Waals surface area contributed by atoms with Gasteiger partial charge in [-0.3, -0.25) is 10.1 Å². The molecular formula is C10H11N5O2S. The van der Waals surface area contributed by atoms with Gasteiger partial charge in [-0.2, -0.15) is 0 Å². The summed E-state index contributed by atoms with van der Waals surface area (Å²) in [5.74, 6) is 0.797. The highest BCUT2D eigenvalue weighted by molar-refractivity contribution is 7.21. The van der Waals surface area contributed by atoms with Crippen LogP contribution in [-0.4, -0.2) is 41.1 Å². The molecule has 3 rings (SSSR count). The smallest absolute Gasteiger partial charge is 0.326 e. The highest BCUT2D eigenvalue weighted by Crippen LogP contribution is 2.34. The number of piperazine rings is 1. The molecule has 0 amide bonds. The molecule has 1 fully saturated rings. The zero-order chi connectivity index (χ0) is 12.5. The fourth-order valence-electron chi connectivity index (χ4n) is 2.05. The lowest BCUT2D eigenvalue weighted by Gasteiger charge is -2.28. The molecule has 1 N–H and O–H groups in total. The van der Waals surface area contributed by atoms with E-state index in [0.717, 1.165) is 48.7 Å². The maximum atomic E-state index is 10.8. The molecule has 1 aliphatic heterocycles. The molecular weight excluding hydrogens is 254 g/mol. The summed E-state index contributed by atoms with van der Waals surface area (Å²) in [4.78, 5) is 21.6. The first-order chi connectivity index (χ1) is 8.75. The van der Waals surface area contributed by atoms with Crippen LogP contribution in [0, 0.1) is 10.1 Å². The Morgan fingerprint density at radius 2 is 2.17 bits per heavy atom. The van der Waals surface area contributed by atoms with Gasteiger partial charge >= 0.3 is 5.00 Å². The Morgan fingerprint density at radius 3 is 2.89 bits per heavy atom. The van der Waals surface area contributed by atoms with Crippen LogP contribution in [-0.2, 0) is 0 Å². The van der Waals surface area contributed by atoms with E-state index in [4.69, 9.17) is 0 Å². The van der Waals surface area contributed by atoms with E-state index < -0.39 is 0 Å². The van der Waals surface area contributed by atoms with Gasteiger partial charge in [0.25, 0.3) is 0 Å². The van der Waals surface area contributed by atoms with Crippen LogP contribution in [0.25, 0.3) is 10.2 Å². The van der Waals surface area contributed by atoms with Crippen molar-refractivity contribution in [2.45, 2.75) is 0 Å². The lowest BCUT2D eigenvalue weighted by molar-refractivity contribution is -0.380. The van der Waals surface area contributed by atoms with Crippen LogP contribution in [0.2, 0.25) is 0 Å². The molecule has 0 saturated carbocycles. The van der Waals surface area contributed by atoms with Crippen LogP contribution in [0.5, 0.6) is 0 Å². The predicted molar refractivity (Wildman–Crippen MR) is 69.2 cm³/mol. The van der Waals surface area contributed by atoms with Crippen LogP contribution in [0.15, 0.2) is 12.4 Å². The van der Waals surface area contributed by atoms with E-state index in [1.807, 2.05) is 0 Å². The Balaban J connectivity index is 2.07. The number of thiophene rings is 1. The average molecular weight is 265 g/mol. The normalized spacial score (nSPS) is 16.1. The van der Waals surface area contributed by atoms with E-state index in [2.05, 4.69) is 20.2 Å². The van der Waals surface area contributed by atoms with E-state index in [-0.39, 0.29) is 9.92 Å². The van der Waals surface area contributed by atoms with Gasteiger partial charge in [0.15, 0.2) is 0 Å². The lowest BCUT2D eigenvalue weighted by Crippen LogP contribution is -2.43. The van der Waals surface area contributed by atoms with Gasteiger partial charge in [0.2, 0.25) is 0 Å². The third-order valence-electron chi connectivity index (χ3n) is 2.89. The van der Waals surface area contributed by atoms with Crippen molar-refractivity contribution in [1.82, 2.24) is 15.3 Å². The Hall–Kier alpha value is -1.80. The van der Waals surface area contributed by atoms with Crippen LogP contribution in [0.4, 0.5) is 10.8 Å². The van der Waals surface area contributed by atoms with E-state index >= 15 is 0 Å². The minimum Gasteiger partial charge on any atom is -0.353 e. The Kier molecular flexibility index (Phi) is 2.80. The van der Waals surface area contributed by atoms with Gasteiger partial charge in [0.1, 0.15) is 17.0 Å². The Bertz CT molecular complexity index is 593. The average Bonchev–Trinajstić information content (AvgIpc) is 2.83. The largest absolute Gasteiger partial charge is 0.353 e. The molecule has 0 radical (unpaired) electrons. The molecule has 1 saturated heterocycles. The number of nitrogens with zero attached hydrogens (tertiary/aromatic N) is 4. The molecule has 0 aromatic carbocycles. The van der Waals surface area contributed by atoms with Gasteiger partial charge in [-0.1, -0.05) is 0 Å². The number of anilines is 1. The molecule has 7 nitrogen and oxygen atoms in total. The summed E-state index contributed by atoms with van der Waals surface area (Å²) >= 11 is 1.09. The maximum absolute atomic E-state index is 10.8. The fourth-order valence-corrected chi connectivity index (χ4v) is 2.86. The van der Waals surface area contributed by atoms with Crippen molar-refractivity contribution in [3.05, 3.63) is 22.5 Å². The lowest BCUT2D eigenvalue weighted by atomic mass is 10.3. The van der Waals surface area contributed by atoms with Crippen LogP contribution in [0.1, 0.15) is 0 Å². The van der Waals surface area contributed by atoms with Gasteiger partial charge < -0.3 is 10.2 Å². The van der Waals surface area contributed by atoms with Gasteiger partial charge in [0, 0.05) is 32.2 Å². The summed E-state index contributed by atoms with van der Waals surface area (Å²) in [6, 6.07) is 1.57. The topological polar surface area (TPSA) is 84.2 Å². The van der Waals surface area contributed by atoms with E-state index in [0.29, 0.717) is 4.83 Å². The first-order valence-electron chi connectivity index (χ1n) is 5.60. The van der Waals surface area contributed by atoms with Gasteiger partial charge in [-0.05, 0) is 11.3 Å². The van der Waals surface area contributed by atoms with Crippen LogP contribution < -0.4 is 10.2 Å². The molecule has 0 atom stereocenters. The highest BCUT2D eigenvalue weighted by Gasteiger charge is 2.20. The second-order valence-electron chi connectivity index (χ2n) is 3.99. The Morgan fingerprint density at radius 1 is 1.39 bits per heavy atom. The standard InChI is InChI=1S/C10H11N5O2S/c16-15(17)8-5-7-9(12-6-13-10(7)18-8)14-3-1-11-2-4-14/h5-6,11H,1-4H2. The molecule has 0 unspecified atom stereocenters. The van der Waals surface area contributed by atoms with E-state index in [1.54, 1.807) is 6.07 Å². The zero-order valence-corrected chi connectivity index (χ0v) is 10.3. The van der Waals surface area contributed by atoms with Crippen molar-refractivity contribution >= 4 is 32.4 Å². The molecule has 3 heterocycles. The van der Waals surface area contributed by atoms with Crippen molar-refractivity contribution < 1.29 is 4.92 Å². The van der Waals surface area contributed by atoms with Gasteiger partial charge in [-0.25, -0.2) is 9.97 Å². The Labute approximate surface area is 107 Å². The third kappa shape index (κ3) is 1.89. The first-order valence-corrected chi connectivity index (χ1v) is 6.42. The first kappa shape index (κ1) is 11.3. The molecule has 18 heavy (non-hydrogen) atoms. The van der Waals surface area contributed by atoms with Crippen molar-refractivity contribution in [3.63, 3.8) is 0 Å². The second kappa shape index (κ2) is 4.46. The van der Waals surface area contributed by atoms with Crippen molar-refractivity contribution in [3.8, 4) is 0 Å². The fraction of sp³-hybridized carbons (Fsp3) is 0.400. The van der Waals surface area contributed by atoms with Crippen molar-refractivity contribution in [2.24, 2.45) is 0 Å². The molecule has 1 aliphatic rings. The molecule has 0 spiro atoms. The summed E-state index contributed by atoms with van der Waals surface area (Å²) in [6.07, 6.45) is 1.47. The third-order valence-corrected chi connectivity index (χ3v) is 3.89. The number of fused-ring (bicyclic) bond motifs is 1. The molecule has 8 heteroatoms. The number of hydrogen-bond donors (Lipinski definition) is 1. The molecule has 2 aromatic rings. The number of rotatable bonds is 2. The minimum absolute atomic E-state index is 0.113. The van der Waals surface area contributed by atoms with Crippen LogP contribution in [0.3, 0.4) is 0 Å². The summed E-state index contributed by atoms with van der Waals surface area (Å²) in [5.41, 5.74) is 0. The number of nitro groups is 1. The predicted octanol–water partition coefficient (Wildman–Crippen LogP) is 1.01. The van der Waals surface area contributed by atoms with Crippen molar-refractivity contribution in [1.29, 1.82) is 0 Å². The summed E-state index contributed by atoms with van der Waals surface area (Å²) < 4.78 is 0. The van der Waals surface area contributed by atoms with Crippen LogP contribution >= 0.6 is 11.3 Å². The van der Waals surface area contributed by atoms with Gasteiger partial charge in [0.05, 0.1) is 10.3 Å². The maximum Gasteiger partial charge on any atom is 0.326 e. The SMILES string of the molecule is O=[N+]([O-])c1cc2c(N3CCNCC3)ncnc2s1. The van der Waals surface area contributed by atoms with Gasteiger partial charge in [-0.15, -0.1) is 0 Å². The van der Waals surface area contributed by atoms with E-state index in [1.165, 1.54) is 6.33 Å². The van der Waals surface area contributed by atoms with Crippen molar-refractivity contribution in [2.75, 3.05) is 31.1 Å². The minimum atomic E-state index is -0.381. The highest BCUT2D eigenvalue weighted by atomic mass is 32.1. The van der Waals surface area contributed by atoms with E-state index in [9.17, 15) is 10.1 Å². The zero-order valence-electron chi connectivity index (χ0n) is 9.50.